The maximum Gasteiger partial charge on any atom is 0.137 e. The van der Waals surface area contributed by atoms with E-state index < -0.39 is 0 Å². The van der Waals surface area contributed by atoms with E-state index in [1.165, 1.54) is 12.8 Å². The van der Waals surface area contributed by atoms with Crippen molar-refractivity contribution in [3.63, 3.8) is 0 Å². The fourth-order valence-corrected chi connectivity index (χ4v) is 3.19. The molecule has 1 heterocycles. The van der Waals surface area contributed by atoms with Crippen molar-refractivity contribution in [2.75, 3.05) is 20.2 Å². The van der Waals surface area contributed by atoms with Gasteiger partial charge >= 0.3 is 0 Å². The number of ketones is 1. The zero-order valence-corrected chi connectivity index (χ0v) is 10.4. The van der Waals surface area contributed by atoms with Gasteiger partial charge in [-0.3, -0.25) is 9.69 Å². The molecule has 1 aliphatic heterocycles. The highest BCUT2D eigenvalue weighted by Crippen LogP contribution is 2.33. The van der Waals surface area contributed by atoms with E-state index in [9.17, 15) is 4.79 Å². The number of carbonyl (C=O) groups is 1. The monoisotopic (exact) mass is 225 g/mol. The van der Waals surface area contributed by atoms with Gasteiger partial charge in [0, 0.05) is 32.0 Å². The molecule has 2 aliphatic rings. The Morgan fingerprint density at radius 1 is 1.44 bits per heavy atom. The quantitative estimate of drug-likeness (QED) is 0.731. The van der Waals surface area contributed by atoms with E-state index in [0.717, 1.165) is 32.4 Å². The number of carbonyl (C=O) groups excluding carboxylic acids is 1. The first-order valence-electron chi connectivity index (χ1n) is 6.52. The van der Waals surface area contributed by atoms with Crippen molar-refractivity contribution >= 4 is 5.78 Å². The molecule has 2 rings (SSSR count). The lowest BCUT2D eigenvalue weighted by atomic mass is 9.95. The fourth-order valence-electron chi connectivity index (χ4n) is 3.19. The Balaban J connectivity index is 1.94. The molecule has 3 heteroatoms. The molecule has 0 aromatic heterocycles. The Labute approximate surface area is 98.1 Å². The maximum atomic E-state index is 11.8. The summed E-state index contributed by atoms with van der Waals surface area (Å²) in [5.41, 5.74) is 0. The summed E-state index contributed by atoms with van der Waals surface area (Å²) in [4.78, 5) is 14.3. The van der Waals surface area contributed by atoms with Crippen LogP contribution in [0.4, 0.5) is 0 Å². The smallest absolute Gasteiger partial charge is 0.137 e. The maximum absolute atomic E-state index is 11.8. The summed E-state index contributed by atoms with van der Waals surface area (Å²) in [6.45, 7) is 4.22. The van der Waals surface area contributed by atoms with E-state index in [2.05, 4.69) is 11.8 Å². The van der Waals surface area contributed by atoms with Crippen molar-refractivity contribution in [1.82, 2.24) is 4.90 Å². The van der Waals surface area contributed by atoms with Crippen LogP contribution in [-0.4, -0.2) is 43.0 Å². The molecule has 0 spiro atoms. The molecule has 2 fully saturated rings. The number of likely N-dealkylation sites (tertiary alicyclic amines) is 1. The van der Waals surface area contributed by atoms with Gasteiger partial charge in [-0.05, 0) is 39.2 Å². The summed E-state index contributed by atoms with van der Waals surface area (Å²) in [5, 5.41) is 0. The molecule has 1 saturated heterocycles. The number of hydrogen-bond donors (Lipinski definition) is 0. The second-order valence-electron chi connectivity index (χ2n) is 5.22. The lowest BCUT2D eigenvalue weighted by molar-refractivity contribution is -0.122. The van der Waals surface area contributed by atoms with Crippen LogP contribution in [0.3, 0.4) is 0 Å². The molecule has 0 aromatic rings. The Hall–Kier alpha value is -0.410. The summed E-state index contributed by atoms with van der Waals surface area (Å²) in [6.07, 6.45) is 5.75. The van der Waals surface area contributed by atoms with Crippen molar-refractivity contribution in [3.8, 4) is 0 Å². The van der Waals surface area contributed by atoms with Crippen LogP contribution in [0.1, 0.15) is 39.0 Å². The SMILES string of the molecule is COC(C)CN1CCCC1C1CCCC1=O. The second-order valence-corrected chi connectivity index (χ2v) is 5.22. The minimum Gasteiger partial charge on any atom is -0.380 e. The van der Waals surface area contributed by atoms with Gasteiger partial charge in [-0.2, -0.15) is 0 Å². The lowest BCUT2D eigenvalue weighted by Gasteiger charge is -2.30. The van der Waals surface area contributed by atoms with E-state index in [1.54, 1.807) is 7.11 Å². The van der Waals surface area contributed by atoms with Gasteiger partial charge in [0.2, 0.25) is 0 Å². The van der Waals surface area contributed by atoms with Crippen LogP contribution in [0.2, 0.25) is 0 Å². The summed E-state index contributed by atoms with van der Waals surface area (Å²) < 4.78 is 5.32. The molecular weight excluding hydrogens is 202 g/mol. The zero-order chi connectivity index (χ0) is 11.5. The summed E-state index contributed by atoms with van der Waals surface area (Å²) in [5.74, 6) is 0.827. The fraction of sp³-hybridized carbons (Fsp3) is 0.923. The van der Waals surface area contributed by atoms with Gasteiger partial charge in [0.15, 0.2) is 0 Å². The van der Waals surface area contributed by atoms with Crippen molar-refractivity contribution in [1.29, 1.82) is 0 Å². The molecule has 16 heavy (non-hydrogen) atoms. The third-order valence-electron chi connectivity index (χ3n) is 4.12. The van der Waals surface area contributed by atoms with Gasteiger partial charge in [-0.25, -0.2) is 0 Å². The van der Waals surface area contributed by atoms with Crippen molar-refractivity contribution < 1.29 is 9.53 Å². The van der Waals surface area contributed by atoms with Crippen molar-refractivity contribution in [2.45, 2.75) is 51.2 Å². The van der Waals surface area contributed by atoms with Crippen LogP contribution < -0.4 is 0 Å². The Bertz CT molecular complexity index is 254. The molecule has 0 aromatic carbocycles. The third kappa shape index (κ3) is 2.46. The Morgan fingerprint density at radius 3 is 2.88 bits per heavy atom. The van der Waals surface area contributed by atoms with Crippen LogP contribution in [0.15, 0.2) is 0 Å². The van der Waals surface area contributed by atoms with Gasteiger partial charge in [-0.15, -0.1) is 0 Å². The predicted molar refractivity (Wildman–Crippen MR) is 63.4 cm³/mol. The number of methoxy groups -OCH3 is 1. The Kier molecular flexibility index (Phi) is 3.98. The number of rotatable bonds is 4. The summed E-state index contributed by atoms with van der Waals surface area (Å²) in [7, 11) is 1.76. The number of hydrogen-bond acceptors (Lipinski definition) is 3. The Morgan fingerprint density at radius 2 is 2.25 bits per heavy atom. The molecule has 92 valence electrons. The van der Waals surface area contributed by atoms with E-state index in [4.69, 9.17) is 4.74 Å². The van der Waals surface area contributed by atoms with Crippen molar-refractivity contribution in [2.24, 2.45) is 5.92 Å². The molecule has 1 aliphatic carbocycles. The average molecular weight is 225 g/mol. The topological polar surface area (TPSA) is 29.5 Å². The highest BCUT2D eigenvalue weighted by Gasteiger charge is 2.38. The van der Waals surface area contributed by atoms with Crippen LogP contribution >= 0.6 is 0 Å². The van der Waals surface area contributed by atoms with Gasteiger partial charge in [-0.1, -0.05) is 0 Å². The molecular formula is C13H23NO2. The second kappa shape index (κ2) is 5.28. The average Bonchev–Trinajstić information content (AvgIpc) is 2.86. The largest absolute Gasteiger partial charge is 0.380 e. The van der Waals surface area contributed by atoms with E-state index in [-0.39, 0.29) is 6.10 Å². The summed E-state index contributed by atoms with van der Waals surface area (Å²) >= 11 is 0. The molecule has 1 saturated carbocycles. The number of ether oxygens (including phenoxy) is 1. The molecule has 0 amide bonds. The minimum atomic E-state index is 0.275. The van der Waals surface area contributed by atoms with Crippen LogP contribution in [0.5, 0.6) is 0 Å². The van der Waals surface area contributed by atoms with E-state index in [0.29, 0.717) is 17.7 Å². The number of nitrogens with zero attached hydrogens (tertiary/aromatic N) is 1. The summed E-state index contributed by atoms with van der Waals surface area (Å²) in [6, 6.07) is 0.507. The molecule has 3 atom stereocenters. The van der Waals surface area contributed by atoms with Gasteiger partial charge in [0.25, 0.3) is 0 Å². The molecule has 0 bridgehead atoms. The molecule has 3 nitrogen and oxygen atoms in total. The van der Waals surface area contributed by atoms with Crippen LogP contribution in [0, 0.1) is 5.92 Å². The van der Waals surface area contributed by atoms with Gasteiger partial charge in [0.1, 0.15) is 5.78 Å². The molecule has 0 N–H and O–H groups in total. The van der Waals surface area contributed by atoms with Crippen molar-refractivity contribution in [3.05, 3.63) is 0 Å². The van der Waals surface area contributed by atoms with Crippen LogP contribution in [0.25, 0.3) is 0 Å². The lowest BCUT2D eigenvalue weighted by Crippen LogP contribution is -2.41. The number of Topliss-reactive ketones (excluding diaryl/α,β-unsaturated/α-hetero) is 1. The first kappa shape index (κ1) is 12.1. The normalized spacial score (nSPS) is 33.5. The highest BCUT2D eigenvalue weighted by atomic mass is 16.5. The van der Waals surface area contributed by atoms with Gasteiger partial charge in [0.05, 0.1) is 6.10 Å². The third-order valence-corrected chi connectivity index (χ3v) is 4.12. The van der Waals surface area contributed by atoms with E-state index in [1.807, 2.05) is 0 Å². The first-order chi connectivity index (χ1) is 7.72. The van der Waals surface area contributed by atoms with Gasteiger partial charge < -0.3 is 4.74 Å². The minimum absolute atomic E-state index is 0.275. The molecule has 0 radical (unpaired) electrons. The highest BCUT2D eigenvalue weighted by molar-refractivity contribution is 5.83. The first-order valence-corrected chi connectivity index (χ1v) is 6.52. The van der Waals surface area contributed by atoms with E-state index >= 15 is 0 Å². The molecule has 3 unspecified atom stereocenters. The predicted octanol–water partition coefficient (Wildman–Crippen LogP) is 1.85. The standard InChI is InChI=1S/C13H23NO2/c1-10(16-2)9-14-8-4-6-12(14)11-5-3-7-13(11)15/h10-12H,3-9H2,1-2H3. The zero-order valence-electron chi connectivity index (χ0n) is 10.4. The van der Waals surface area contributed by atoms with Crippen LogP contribution in [-0.2, 0) is 9.53 Å².